The number of methoxy groups -OCH3 is 1. The standard InChI is InChI=1S/C19H17ClN2O3/c1-25-19(24)15-17(21-11-10-12-6-3-2-4-7-12)13-8-5-9-14(20)16(13)22-18(15)23/h2-9H,10-11H2,1H3,(H2,21,22,23). The van der Waals surface area contributed by atoms with E-state index in [1.54, 1.807) is 18.2 Å². The molecular formula is C19H17ClN2O3. The summed E-state index contributed by atoms with van der Waals surface area (Å²) in [6.45, 7) is 0.555. The fourth-order valence-corrected chi connectivity index (χ4v) is 2.96. The number of carbonyl (C=O) groups excluding carboxylic acids is 1. The molecule has 128 valence electrons. The molecule has 0 fully saturated rings. The number of hydrogen-bond acceptors (Lipinski definition) is 4. The Hall–Kier alpha value is -2.79. The number of carbonyl (C=O) groups is 1. The molecule has 0 atom stereocenters. The largest absolute Gasteiger partial charge is 0.465 e. The van der Waals surface area contributed by atoms with Crippen molar-refractivity contribution in [3.63, 3.8) is 0 Å². The zero-order valence-electron chi connectivity index (χ0n) is 13.6. The Balaban J connectivity index is 2.02. The molecule has 3 rings (SSSR count). The topological polar surface area (TPSA) is 71.2 Å². The van der Waals surface area contributed by atoms with Crippen molar-refractivity contribution in [2.45, 2.75) is 6.42 Å². The second-order valence-corrected chi connectivity index (χ2v) is 5.93. The third-order valence-corrected chi connectivity index (χ3v) is 4.26. The second kappa shape index (κ2) is 7.40. The average Bonchev–Trinajstić information content (AvgIpc) is 2.63. The number of H-pyrrole nitrogens is 1. The number of fused-ring (bicyclic) bond motifs is 1. The van der Waals surface area contributed by atoms with Gasteiger partial charge in [-0.3, -0.25) is 4.79 Å². The van der Waals surface area contributed by atoms with Crippen LogP contribution >= 0.6 is 11.6 Å². The van der Waals surface area contributed by atoms with Crippen molar-refractivity contribution in [2.75, 3.05) is 19.0 Å². The maximum absolute atomic E-state index is 12.4. The molecule has 2 N–H and O–H groups in total. The summed E-state index contributed by atoms with van der Waals surface area (Å²) in [6, 6.07) is 15.2. The smallest absolute Gasteiger partial charge is 0.345 e. The first-order valence-corrected chi connectivity index (χ1v) is 8.20. The van der Waals surface area contributed by atoms with E-state index >= 15 is 0 Å². The van der Waals surface area contributed by atoms with E-state index < -0.39 is 11.5 Å². The fourth-order valence-electron chi connectivity index (χ4n) is 2.74. The van der Waals surface area contributed by atoms with Gasteiger partial charge in [0.2, 0.25) is 0 Å². The maximum atomic E-state index is 12.4. The van der Waals surface area contributed by atoms with Gasteiger partial charge in [0.1, 0.15) is 5.56 Å². The van der Waals surface area contributed by atoms with Gasteiger partial charge in [-0.25, -0.2) is 4.79 Å². The third-order valence-electron chi connectivity index (χ3n) is 3.95. The van der Waals surface area contributed by atoms with Crippen LogP contribution in [0.5, 0.6) is 0 Å². The van der Waals surface area contributed by atoms with Gasteiger partial charge in [0, 0.05) is 11.9 Å². The van der Waals surface area contributed by atoms with Crippen LogP contribution in [0, 0.1) is 0 Å². The van der Waals surface area contributed by atoms with Crippen LogP contribution in [0.1, 0.15) is 15.9 Å². The minimum absolute atomic E-state index is 0.0506. The summed E-state index contributed by atoms with van der Waals surface area (Å²) in [5, 5.41) is 4.29. The van der Waals surface area contributed by atoms with Gasteiger partial charge in [-0.2, -0.15) is 0 Å². The second-order valence-electron chi connectivity index (χ2n) is 5.52. The molecule has 0 amide bonds. The molecule has 0 radical (unpaired) electrons. The molecule has 0 aliphatic rings. The molecule has 0 saturated heterocycles. The molecule has 3 aromatic rings. The number of hydrogen-bond donors (Lipinski definition) is 2. The van der Waals surface area contributed by atoms with E-state index in [-0.39, 0.29) is 5.56 Å². The lowest BCUT2D eigenvalue weighted by Gasteiger charge is -2.14. The number of pyridine rings is 1. The monoisotopic (exact) mass is 356 g/mol. The molecule has 0 bridgehead atoms. The van der Waals surface area contributed by atoms with Gasteiger partial charge in [0.05, 0.1) is 23.3 Å². The summed E-state index contributed by atoms with van der Waals surface area (Å²) in [4.78, 5) is 27.1. The van der Waals surface area contributed by atoms with Gasteiger partial charge < -0.3 is 15.0 Å². The summed E-state index contributed by atoms with van der Waals surface area (Å²) < 4.78 is 4.77. The number of aromatic amines is 1. The number of esters is 1. The minimum Gasteiger partial charge on any atom is -0.465 e. The Bertz CT molecular complexity index is 968. The normalized spacial score (nSPS) is 10.6. The predicted octanol–water partition coefficient (Wildman–Crippen LogP) is 3.62. The lowest BCUT2D eigenvalue weighted by atomic mass is 10.1. The van der Waals surface area contributed by atoms with Crippen LogP contribution in [0.2, 0.25) is 5.02 Å². The zero-order chi connectivity index (χ0) is 17.8. The number of anilines is 1. The van der Waals surface area contributed by atoms with E-state index in [1.165, 1.54) is 7.11 Å². The number of ether oxygens (including phenoxy) is 1. The van der Waals surface area contributed by atoms with Crippen molar-refractivity contribution in [1.82, 2.24) is 4.98 Å². The first-order valence-electron chi connectivity index (χ1n) is 7.82. The number of aromatic nitrogens is 1. The van der Waals surface area contributed by atoms with Gasteiger partial charge in [0.25, 0.3) is 5.56 Å². The van der Waals surface area contributed by atoms with Crippen molar-refractivity contribution in [3.8, 4) is 0 Å². The Morgan fingerprint density at radius 1 is 1.16 bits per heavy atom. The van der Waals surface area contributed by atoms with Crippen molar-refractivity contribution < 1.29 is 9.53 Å². The zero-order valence-corrected chi connectivity index (χ0v) is 14.4. The van der Waals surface area contributed by atoms with E-state index in [9.17, 15) is 9.59 Å². The van der Waals surface area contributed by atoms with Crippen molar-refractivity contribution in [2.24, 2.45) is 0 Å². The summed E-state index contributed by atoms with van der Waals surface area (Å²) in [5.41, 5.74) is 1.50. The van der Waals surface area contributed by atoms with Crippen LogP contribution in [0.25, 0.3) is 10.9 Å². The molecule has 6 heteroatoms. The van der Waals surface area contributed by atoms with Crippen molar-refractivity contribution >= 4 is 34.2 Å². The highest BCUT2D eigenvalue weighted by atomic mass is 35.5. The van der Waals surface area contributed by atoms with Crippen molar-refractivity contribution in [3.05, 3.63) is 75.0 Å². The highest BCUT2D eigenvalue weighted by Crippen LogP contribution is 2.28. The molecule has 1 heterocycles. The maximum Gasteiger partial charge on any atom is 0.345 e. The summed E-state index contributed by atoms with van der Waals surface area (Å²) in [6.07, 6.45) is 0.746. The quantitative estimate of drug-likeness (QED) is 0.685. The van der Waals surface area contributed by atoms with Gasteiger partial charge in [-0.05, 0) is 18.1 Å². The summed E-state index contributed by atoms with van der Waals surface area (Å²) in [7, 11) is 1.25. The molecule has 0 aliphatic carbocycles. The van der Waals surface area contributed by atoms with Crippen LogP contribution < -0.4 is 10.9 Å². The summed E-state index contributed by atoms with van der Waals surface area (Å²) in [5.74, 6) is -0.690. The Morgan fingerprint density at radius 2 is 1.92 bits per heavy atom. The van der Waals surface area contributed by atoms with Crippen LogP contribution in [0.3, 0.4) is 0 Å². The molecule has 5 nitrogen and oxygen atoms in total. The predicted molar refractivity (Wildman–Crippen MR) is 99.6 cm³/mol. The first-order chi connectivity index (χ1) is 12.1. The molecule has 25 heavy (non-hydrogen) atoms. The highest BCUT2D eigenvalue weighted by Gasteiger charge is 2.20. The molecule has 0 unspecified atom stereocenters. The highest BCUT2D eigenvalue weighted by molar-refractivity contribution is 6.35. The van der Waals surface area contributed by atoms with E-state index in [0.29, 0.717) is 28.2 Å². The molecular weight excluding hydrogens is 340 g/mol. The number of halogens is 1. The minimum atomic E-state index is -0.690. The van der Waals surface area contributed by atoms with Crippen LogP contribution in [0.4, 0.5) is 5.69 Å². The van der Waals surface area contributed by atoms with Gasteiger partial charge in [-0.15, -0.1) is 0 Å². The molecule has 0 saturated carbocycles. The number of rotatable bonds is 5. The third kappa shape index (κ3) is 3.51. The Labute approximate surface area is 149 Å². The van der Waals surface area contributed by atoms with Gasteiger partial charge in [0.15, 0.2) is 0 Å². The van der Waals surface area contributed by atoms with E-state index in [0.717, 1.165) is 12.0 Å². The lowest BCUT2D eigenvalue weighted by molar-refractivity contribution is 0.0600. The van der Waals surface area contributed by atoms with E-state index in [4.69, 9.17) is 16.3 Å². The van der Waals surface area contributed by atoms with Gasteiger partial charge >= 0.3 is 5.97 Å². The van der Waals surface area contributed by atoms with Crippen LogP contribution in [-0.2, 0) is 11.2 Å². The Morgan fingerprint density at radius 3 is 2.64 bits per heavy atom. The number of nitrogens with one attached hydrogen (secondary N) is 2. The average molecular weight is 357 g/mol. The van der Waals surface area contributed by atoms with Crippen LogP contribution in [0.15, 0.2) is 53.3 Å². The van der Waals surface area contributed by atoms with Gasteiger partial charge in [-0.1, -0.05) is 54.1 Å². The fraction of sp³-hybridized carbons (Fsp3) is 0.158. The molecule has 0 aliphatic heterocycles. The van der Waals surface area contributed by atoms with Crippen molar-refractivity contribution in [1.29, 1.82) is 0 Å². The molecule has 2 aromatic carbocycles. The van der Waals surface area contributed by atoms with E-state index in [1.807, 2.05) is 30.3 Å². The van der Waals surface area contributed by atoms with E-state index in [2.05, 4.69) is 10.3 Å². The number of para-hydroxylation sites is 1. The molecule has 1 aromatic heterocycles. The SMILES string of the molecule is COC(=O)c1c(NCCc2ccccc2)c2cccc(Cl)c2[nH]c1=O. The molecule has 0 spiro atoms. The Kier molecular flexibility index (Phi) is 5.05. The lowest BCUT2D eigenvalue weighted by Crippen LogP contribution is -2.23. The first kappa shape index (κ1) is 17.0. The summed E-state index contributed by atoms with van der Waals surface area (Å²) >= 11 is 6.18. The number of benzene rings is 2. The van der Waals surface area contributed by atoms with Crippen LogP contribution in [-0.4, -0.2) is 24.6 Å².